The van der Waals surface area contributed by atoms with Crippen LogP contribution < -0.4 is 9.47 Å². The van der Waals surface area contributed by atoms with E-state index in [2.05, 4.69) is 9.47 Å². The van der Waals surface area contributed by atoms with Crippen molar-refractivity contribution in [3.05, 3.63) is 58.7 Å². The van der Waals surface area contributed by atoms with Crippen molar-refractivity contribution in [1.82, 2.24) is 0 Å². The molecule has 0 amide bonds. The van der Waals surface area contributed by atoms with Gasteiger partial charge in [0.1, 0.15) is 17.9 Å². The fourth-order valence-electron chi connectivity index (χ4n) is 2.47. The first-order valence-corrected chi connectivity index (χ1v) is 8.68. The van der Waals surface area contributed by atoms with Crippen molar-refractivity contribution in [1.29, 1.82) is 0 Å². The SMILES string of the molecule is O=C(CC(=O)Oc1ccc(C(F)(F)F)cc1C(F)(F)F)Oc1ccc(C(F)(F)F)cc1C(F)(F)F. The number of alkyl halides is 12. The van der Waals surface area contributed by atoms with Gasteiger partial charge in [-0.2, -0.15) is 52.7 Å². The molecule has 192 valence electrons. The largest absolute Gasteiger partial charge is 0.425 e. The van der Waals surface area contributed by atoms with Gasteiger partial charge in [0.2, 0.25) is 0 Å². The predicted molar refractivity (Wildman–Crippen MR) is 88.8 cm³/mol. The number of hydrogen-bond donors (Lipinski definition) is 0. The van der Waals surface area contributed by atoms with Gasteiger partial charge in [0.25, 0.3) is 0 Å². The lowest BCUT2D eigenvalue weighted by Gasteiger charge is -2.16. The Kier molecular flexibility index (Phi) is 7.38. The summed E-state index contributed by atoms with van der Waals surface area (Å²) in [5, 5.41) is 0. The number of hydrogen-bond acceptors (Lipinski definition) is 4. The van der Waals surface area contributed by atoms with E-state index in [-0.39, 0.29) is 36.4 Å². The van der Waals surface area contributed by atoms with E-state index in [1.807, 2.05) is 0 Å². The van der Waals surface area contributed by atoms with Gasteiger partial charge >= 0.3 is 36.6 Å². The topological polar surface area (TPSA) is 52.6 Å². The van der Waals surface area contributed by atoms with Crippen LogP contribution in [0.2, 0.25) is 0 Å². The molecule has 0 spiro atoms. The molecule has 0 saturated carbocycles. The summed E-state index contributed by atoms with van der Waals surface area (Å²) in [4.78, 5) is 23.5. The highest BCUT2D eigenvalue weighted by Crippen LogP contribution is 2.42. The first-order chi connectivity index (χ1) is 15.7. The minimum absolute atomic E-state index is 0.131. The summed E-state index contributed by atoms with van der Waals surface area (Å²) in [6.45, 7) is 0. The van der Waals surface area contributed by atoms with E-state index >= 15 is 0 Å². The van der Waals surface area contributed by atoms with Crippen LogP contribution in [0.15, 0.2) is 36.4 Å². The van der Waals surface area contributed by atoms with Crippen LogP contribution in [0.3, 0.4) is 0 Å². The third-order valence-corrected chi connectivity index (χ3v) is 3.96. The highest BCUT2D eigenvalue weighted by atomic mass is 19.4. The lowest BCUT2D eigenvalue weighted by atomic mass is 10.1. The molecule has 0 saturated heterocycles. The molecule has 0 bridgehead atoms. The molecule has 0 fully saturated rings. The summed E-state index contributed by atoms with van der Waals surface area (Å²) in [6.07, 6.45) is -22.9. The van der Waals surface area contributed by atoms with Crippen LogP contribution in [0.25, 0.3) is 0 Å². The normalized spacial score (nSPS) is 12.9. The van der Waals surface area contributed by atoms with E-state index in [0.717, 1.165) is 0 Å². The minimum Gasteiger partial charge on any atom is -0.425 e. The average Bonchev–Trinajstić information content (AvgIpc) is 2.64. The third kappa shape index (κ3) is 7.26. The van der Waals surface area contributed by atoms with Crippen LogP contribution >= 0.6 is 0 Å². The molecule has 2 aromatic rings. The van der Waals surface area contributed by atoms with Gasteiger partial charge in [-0.25, -0.2) is 0 Å². The lowest BCUT2D eigenvalue weighted by molar-refractivity contribution is -0.147. The molecule has 0 radical (unpaired) electrons. The molecular formula is C19H8F12O4. The molecule has 0 N–H and O–H groups in total. The number of benzene rings is 2. The molecule has 0 atom stereocenters. The summed E-state index contributed by atoms with van der Waals surface area (Å²) in [7, 11) is 0. The average molecular weight is 528 g/mol. The number of rotatable bonds is 4. The zero-order valence-electron chi connectivity index (χ0n) is 16.3. The molecule has 0 aliphatic carbocycles. The Balaban J connectivity index is 2.24. The second-order valence-corrected chi connectivity index (χ2v) is 6.54. The number of halogens is 12. The van der Waals surface area contributed by atoms with Crippen LogP contribution in [0.4, 0.5) is 52.7 Å². The molecule has 35 heavy (non-hydrogen) atoms. The first kappa shape index (κ1) is 27.8. The Bertz CT molecular complexity index is 1020. The first-order valence-electron chi connectivity index (χ1n) is 8.68. The van der Waals surface area contributed by atoms with E-state index in [9.17, 15) is 62.3 Å². The van der Waals surface area contributed by atoms with Crippen LogP contribution in [0.5, 0.6) is 11.5 Å². The number of carbonyl (C=O) groups excluding carboxylic acids is 2. The lowest BCUT2D eigenvalue weighted by Crippen LogP contribution is -2.21. The van der Waals surface area contributed by atoms with Crippen molar-refractivity contribution in [3.63, 3.8) is 0 Å². The van der Waals surface area contributed by atoms with Gasteiger partial charge in [-0.05, 0) is 36.4 Å². The van der Waals surface area contributed by atoms with Gasteiger partial charge in [0.05, 0.1) is 22.3 Å². The van der Waals surface area contributed by atoms with E-state index in [4.69, 9.17) is 0 Å². The van der Waals surface area contributed by atoms with Gasteiger partial charge < -0.3 is 9.47 Å². The molecule has 16 heteroatoms. The van der Waals surface area contributed by atoms with Crippen LogP contribution in [0, 0.1) is 0 Å². The van der Waals surface area contributed by atoms with Crippen molar-refractivity contribution in [2.75, 3.05) is 0 Å². The van der Waals surface area contributed by atoms with E-state index in [1.54, 1.807) is 0 Å². The Morgan fingerprint density at radius 3 is 1.11 bits per heavy atom. The minimum atomic E-state index is -5.45. The zero-order valence-corrected chi connectivity index (χ0v) is 16.3. The molecular weight excluding hydrogens is 520 g/mol. The van der Waals surface area contributed by atoms with Crippen molar-refractivity contribution in [3.8, 4) is 11.5 Å². The third-order valence-electron chi connectivity index (χ3n) is 3.96. The van der Waals surface area contributed by atoms with Gasteiger partial charge in [0.15, 0.2) is 0 Å². The number of esters is 2. The van der Waals surface area contributed by atoms with Crippen LogP contribution in [-0.4, -0.2) is 11.9 Å². The quantitative estimate of drug-likeness (QED) is 0.193. The Morgan fingerprint density at radius 1 is 0.543 bits per heavy atom. The Morgan fingerprint density at radius 2 is 0.857 bits per heavy atom. The van der Waals surface area contributed by atoms with Crippen LogP contribution in [-0.2, 0) is 34.3 Å². The Hall–Kier alpha value is -3.46. The summed E-state index contributed by atoms with van der Waals surface area (Å²) in [6, 6.07) is -0.224. The van der Waals surface area contributed by atoms with Gasteiger partial charge in [0, 0.05) is 0 Å². The molecule has 4 nitrogen and oxygen atoms in total. The van der Waals surface area contributed by atoms with Crippen molar-refractivity contribution < 1.29 is 71.7 Å². The maximum Gasteiger partial charge on any atom is 0.420 e. The van der Waals surface area contributed by atoms with E-state index in [0.29, 0.717) is 0 Å². The monoisotopic (exact) mass is 528 g/mol. The summed E-state index contributed by atoms with van der Waals surface area (Å²) in [5.74, 6) is -6.65. The summed E-state index contributed by atoms with van der Waals surface area (Å²) >= 11 is 0. The maximum absolute atomic E-state index is 13.1. The Labute approximate surface area is 186 Å². The molecule has 0 aliphatic rings. The maximum atomic E-state index is 13.1. The molecule has 0 aromatic heterocycles. The van der Waals surface area contributed by atoms with Crippen LogP contribution in [0.1, 0.15) is 28.7 Å². The van der Waals surface area contributed by atoms with Gasteiger partial charge in [-0.1, -0.05) is 0 Å². The molecule has 0 aliphatic heterocycles. The summed E-state index contributed by atoms with van der Waals surface area (Å²) in [5.41, 5.74) is -7.58. The van der Waals surface area contributed by atoms with Crippen molar-refractivity contribution in [2.24, 2.45) is 0 Å². The molecule has 0 unspecified atom stereocenters. The fourth-order valence-corrected chi connectivity index (χ4v) is 2.47. The second kappa shape index (κ2) is 9.30. The molecule has 2 rings (SSSR count). The molecule has 0 heterocycles. The highest BCUT2D eigenvalue weighted by molar-refractivity contribution is 5.93. The standard InChI is InChI=1S/C19H8F12O4/c20-16(21,22)8-1-3-12(10(5-8)18(26,27)28)34-14(32)7-15(33)35-13-4-2-9(17(23,24)25)6-11(13)19(29,30)31/h1-6H,7H2. The highest BCUT2D eigenvalue weighted by Gasteiger charge is 2.41. The number of ether oxygens (including phenoxy) is 2. The van der Waals surface area contributed by atoms with Gasteiger partial charge in [-0.3, -0.25) is 9.59 Å². The molecule has 2 aromatic carbocycles. The smallest absolute Gasteiger partial charge is 0.420 e. The van der Waals surface area contributed by atoms with Gasteiger partial charge in [-0.15, -0.1) is 0 Å². The van der Waals surface area contributed by atoms with E-state index in [1.165, 1.54) is 0 Å². The summed E-state index contributed by atoms with van der Waals surface area (Å²) < 4.78 is 163. The fraction of sp³-hybridized carbons (Fsp3) is 0.263. The van der Waals surface area contributed by atoms with Crippen molar-refractivity contribution in [2.45, 2.75) is 31.1 Å². The zero-order chi connectivity index (χ0) is 27.0. The van der Waals surface area contributed by atoms with E-state index < -0.39 is 76.8 Å². The number of carbonyl (C=O) groups is 2. The van der Waals surface area contributed by atoms with Crippen molar-refractivity contribution >= 4 is 11.9 Å². The second-order valence-electron chi connectivity index (χ2n) is 6.54. The predicted octanol–water partition coefficient (Wildman–Crippen LogP) is 6.66.